The number of hydrogen-bond acceptors (Lipinski definition) is 7. The number of likely N-dealkylation sites (tertiary alicyclic amines) is 1. The SMILES string of the molecule is COc1nc(CC(=O)N2CCC[C@H]2COc2ccc(C(=O)O)cc2N)ccc1NC(=O)Nc1ccccc1Cl. The van der Waals surface area contributed by atoms with Crippen LogP contribution < -0.4 is 25.8 Å². The highest BCUT2D eigenvalue weighted by molar-refractivity contribution is 6.33. The number of aromatic carboxylic acids is 1. The highest BCUT2D eigenvalue weighted by Crippen LogP contribution is 2.27. The minimum absolute atomic E-state index is 0.0361. The number of para-hydroxylation sites is 1. The number of halogens is 1. The Hall–Kier alpha value is -4.51. The first kappa shape index (κ1) is 27.5. The van der Waals surface area contributed by atoms with Gasteiger partial charge in [0.1, 0.15) is 18.0 Å². The number of methoxy groups -OCH3 is 1. The lowest BCUT2D eigenvalue weighted by Gasteiger charge is -2.25. The zero-order chi connectivity index (χ0) is 27.9. The number of nitrogens with one attached hydrogen (secondary N) is 2. The van der Waals surface area contributed by atoms with Crippen LogP contribution in [0.5, 0.6) is 11.6 Å². The predicted molar refractivity (Wildman–Crippen MR) is 147 cm³/mol. The van der Waals surface area contributed by atoms with Crippen molar-refractivity contribution in [3.05, 3.63) is 70.9 Å². The number of aromatic nitrogens is 1. The predicted octanol–water partition coefficient (Wildman–Crippen LogP) is 4.28. The minimum atomic E-state index is -1.07. The summed E-state index contributed by atoms with van der Waals surface area (Å²) in [6.45, 7) is 0.807. The summed E-state index contributed by atoms with van der Waals surface area (Å²) in [5, 5.41) is 14.8. The molecule has 0 bridgehead atoms. The summed E-state index contributed by atoms with van der Waals surface area (Å²) >= 11 is 6.09. The first-order chi connectivity index (χ1) is 18.7. The Morgan fingerprint density at radius 1 is 1.13 bits per heavy atom. The van der Waals surface area contributed by atoms with Crippen LogP contribution in [0.25, 0.3) is 0 Å². The number of carbonyl (C=O) groups excluding carboxylic acids is 2. The minimum Gasteiger partial charge on any atom is -0.489 e. The van der Waals surface area contributed by atoms with Gasteiger partial charge in [-0.2, -0.15) is 0 Å². The Labute approximate surface area is 229 Å². The molecule has 11 nitrogen and oxygen atoms in total. The zero-order valence-electron chi connectivity index (χ0n) is 21.1. The monoisotopic (exact) mass is 553 g/mol. The van der Waals surface area contributed by atoms with Crippen molar-refractivity contribution in [1.29, 1.82) is 0 Å². The van der Waals surface area contributed by atoms with E-state index in [2.05, 4.69) is 15.6 Å². The summed E-state index contributed by atoms with van der Waals surface area (Å²) in [4.78, 5) is 42.8. The zero-order valence-corrected chi connectivity index (χ0v) is 21.9. The number of carbonyl (C=O) groups is 3. The van der Waals surface area contributed by atoms with E-state index >= 15 is 0 Å². The van der Waals surface area contributed by atoms with Crippen LogP contribution in [0.1, 0.15) is 28.9 Å². The first-order valence-electron chi connectivity index (χ1n) is 12.2. The van der Waals surface area contributed by atoms with E-state index in [4.69, 9.17) is 31.9 Å². The van der Waals surface area contributed by atoms with Crippen LogP contribution in [-0.2, 0) is 11.2 Å². The van der Waals surface area contributed by atoms with Gasteiger partial charge < -0.3 is 35.8 Å². The molecule has 12 heteroatoms. The molecule has 1 aromatic heterocycles. The molecule has 39 heavy (non-hydrogen) atoms. The molecular formula is C27H28ClN5O6. The Kier molecular flexibility index (Phi) is 8.72. The number of rotatable bonds is 9. The van der Waals surface area contributed by atoms with E-state index in [0.717, 1.165) is 12.8 Å². The Morgan fingerprint density at radius 2 is 1.90 bits per heavy atom. The van der Waals surface area contributed by atoms with Gasteiger partial charge in [-0.25, -0.2) is 14.6 Å². The van der Waals surface area contributed by atoms with Gasteiger partial charge in [0.05, 0.1) is 47.2 Å². The number of anilines is 3. The van der Waals surface area contributed by atoms with E-state index in [-0.39, 0.29) is 42.1 Å². The van der Waals surface area contributed by atoms with Crippen LogP contribution in [0.2, 0.25) is 5.02 Å². The smallest absolute Gasteiger partial charge is 0.335 e. The summed E-state index contributed by atoms with van der Waals surface area (Å²) in [5.41, 5.74) is 7.49. The molecule has 0 saturated carbocycles. The number of carboxylic acid groups (broad SMARTS) is 1. The molecule has 4 rings (SSSR count). The molecule has 2 heterocycles. The molecule has 0 aliphatic carbocycles. The van der Waals surface area contributed by atoms with Gasteiger partial charge in [0.25, 0.3) is 0 Å². The average molecular weight is 554 g/mol. The quantitative estimate of drug-likeness (QED) is 0.286. The fourth-order valence-electron chi connectivity index (χ4n) is 4.26. The summed E-state index contributed by atoms with van der Waals surface area (Å²) in [6.07, 6.45) is 1.63. The first-order valence-corrected chi connectivity index (χ1v) is 12.5. The van der Waals surface area contributed by atoms with Crippen molar-refractivity contribution in [3.63, 3.8) is 0 Å². The van der Waals surface area contributed by atoms with Crippen molar-refractivity contribution >= 4 is 46.6 Å². The highest BCUT2D eigenvalue weighted by atomic mass is 35.5. The Bertz CT molecular complexity index is 1380. The molecule has 1 aliphatic heterocycles. The van der Waals surface area contributed by atoms with Gasteiger partial charge in [-0.3, -0.25) is 4.79 Å². The second kappa shape index (κ2) is 12.4. The van der Waals surface area contributed by atoms with Crippen LogP contribution in [0.3, 0.4) is 0 Å². The number of hydrogen-bond donors (Lipinski definition) is 4. The fourth-order valence-corrected chi connectivity index (χ4v) is 4.44. The number of nitrogens with zero attached hydrogens (tertiary/aromatic N) is 2. The van der Waals surface area contributed by atoms with E-state index in [1.807, 2.05) is 0 Å². The van der Waals surface area contributed by atoms with E-state index in [0.29, 0.717) is 34.4 Å². The lowest BCUT2D eigenvalue weighted by molar-refractivity contribution is -0.131. The van der Waals surface area contributed by atoms with E-state index in [1.54, 1.807) is 41.3 Å². The highest BCUT2D eigenvalue weighted by Gasteiger charge is 2.30. The lowest BCUT2D eigenvalue weighted by atomic mass is 10.2. The van der Waals surface area contributed by atoms with E-state index in [9.17, 15) is 14.4 Å². The molecule has 0 radical (unpaired) electrons. The molecule has 0 spiro atoms. The summed E-state index contributed by atoms with van der Waals surface area (Å²) < 4.78 is 11.2. The third-order valence-electron chi connectivity index (χ3n) is 6.20. The maximum Gasteiger partial charge on any atom is 0.335 e. The van der Waals surface area contributed by atoms with Crippen LogP contribution in [-0.4, -0.2) is 59.2 Å². The number of nitrogens with two attached hydrogens (primary N) is 1. The largest absolute Gasteiger partial charge is 0.489 e. The molecule has 1 saturated heterocycles. The molecule has 5 N–H and O–H groups in total. The summed E-state index contributed by atoms with van der Waals surface area (Å²) in [5.74, 6) is -0.666. The second-order valence-electron chi connectivity index (χ2n) is 8.85. The topological polar surface area (TPSA) is 156 Å². The Morgan fingerprint density at radius 3 is 2.62 bits per heavy atom. The van der Waals surface area contributed by atoms with Crippen molar-refractivity contribution in [2.75, 3.05) is 36.6 Å². The van der Waals surface area contributed by atoms with Crippen LogP contribution in [0.15, 0.2) is 54.6 Å². The van der Waals surface area contributed by atoms with Gasteiger partial charge in [0.2, 0.25) is 11.8 Å². The van der Waals surface area contributed by atoms with Crippen molar-refractivity contribution in [3.8, 4) is 11.6 Å². The Balaban J connectivity index is 1.36. The number of carboxylic acids is 1. The van der Waals surface area contributed by atoms with Crippen molar-refractivity contribution < 1.29 is 29.0 Å². The number of amides is 3. The third kappa shape index (κ3) is 6.88. The number of urea groups is 1. The lowest BCUT2D eigenvalue weighted by Crippen LogP contribution is -2.40. The summed E-state index contributed by atoms with van der Waals surface area (Å²) in [6, 6.07) is 13.7. The number of pyridine rings is 1. The molecule has 1 fully saturated rings. The van der Waals surface area contributed by atoms with Crippen LogP contribution in [0, 0.1) is 0 Å². The molecule has 1 aliphatic rings. The van der Waals surface area contributed by atoms with Gasteiger partial charge in [-0.15, -0.1) is 0 Å². The maximum atomic E-state index is 13.1. The van der Waals surface area contributed by atoms with Gasteiger partial charge in [0.15, 0.2) is 0 Å². The van der Waals surface area contributed by atoms with Gasteiger partial charge in [-0.1, -0.05) is 23.7 Å². The third-order valence-corrected chi connectivity index (χ3v) is 6.53. The molecular weight excluding hydrogens is 526 g/mol. The molecule has 2 aromatic carbocycles. The number of benzene rings is 2. The van der Waals surface area contributed by atoms with Crippen LogP contribution >= 0.6 is 11.6 Å². The van der Waals surface area contributed by atoms with Gasteiger partial charge in [0, 0.05) is 6.54 Å². The maximum absolute atomic E-state index is 13.1. The molecule has 3 aromatic rings. The second-order valence-corrected chi connectivity index (χ2v) is 9.25. The van der Waals surface area contributed by atoms with Gasteiger partial charge >= 0.3 is 12.0 Å². The normalized spacial score (nSPS) is 14.5. The van der Waals surface area contributed by atoms with E-state index in [1.165, 1.54) is 25.3 Å². The van der Waals surface area contributed by atoms with Crippen LogP contribution in [0.4, 0.5) is 21.9 Å². The molecule has 204 valence electrons. The van der Waals surface area contributed by atoms with E-state index < -0.39 is 12.0 Å². The molecule has 1 atom stereocenters. The van der Waals surface area contributed by atoms with Gasteiger partial charge in [-0.05, 0) is 55.3 Å². The molecule has 3 amide bonds. The average Bonchev–Trinajstić information content (AvgIpc) is 3.39. The summed E-state index contributed by atoms with van der Waals surface area (Å²) in [7, 11) is 1.42. The number of ether oxygens (including phenoxy) is 2. The van der Waals surface area contributed by atoms with Crippen molar-refractivity contribution in [1.82, 2.24) is 9.88 Å². The van der Waals surface area contributed by atoms with Crippen molar-refractivity contribution in [2.24, 2.45) is 0 Å². The number of nitrogen functional groups attached to an aromatic ring is 1. The molecule has 0 unspecified atom stereocenters. The standard InChI is InChI=1S/C27H28ClN5O6/c1-38-25-22(32-27(37)31-21-7-3-2-6-19(21)28)10-9-17(30-25)14-24(34)33-12-4-5-18(33)15-39-23-11-8-16(26(35)36)13-20(23)29/h2-3,6-11,13,18H,4-5,12,14-15,29H2,1H3,(H,35,36)(H2,31,32,37)/t18-/m0/s1. The fraction of sp³-hybridized carbons (Fsp3) is 0.259. The van der Waals surface area contributed by atoms with Crippen molar-refractivity contribution in [2.45, 2.75) is 25.3 Å².